The molecule has 1 aromatic rings. The fourth-order valence-corrected chi connectivity index (χ4v) is 2.37. The molecule has 0 N–H and O–H groups in total. The van der Waals surface area contributed by atoms with Crippen LogP contribution >= 0.6 is 11.6 Å². The highest BCUT2D eigenvalue weighted by atomic mass is 35.5. The average Bonchev–Trinajstić information content (AvgIpc) is 2.28. The Morgan fingerprint density at radius 3 is 2.76 bits per heavy atom. The maximum absolute atomic E-state index is 6.02. The third kappa shape index (κ3) is 3.21. The van der Waals surface area contributed by atoms with Gasteiger partial charge in [-0.05, 0) is 38.5 Å². The number of nitrogens with zero attached hydrogens (tertiary/aromatic N) is 1. The molecule has 2 rings (SSSR count). The van der Waals surface area contributed by atoms with Crippen molar-refractivity contribution in [3.8, 4) is 0 Å². The summed E-state index contributed by atoms with van der Waals surface area (Å²) in [6.45, 7) is 9.45. The molecule has 3 heteroatoms. The summed E-state index contributed by atoms with van der Waals surface area (Å²) in [6, 6.07) is 7.97. The van der Waals surface area contributed by atoms with Gasteiger partial charge in [-0.2, -0.15) is 0 Å². The number of hydrogen-bond donors (Lipinski definition) is 0. The molecule has 1 saturated heterocycles. The van der Waals surface area contributed by atoms with E-state index in [1.165, 1.54) is 5.56 Å². The first-order valence-corrected chi connectivity index (χ1v) is 6.47. The molecule has 0 spiro atoms. The molecule has 0 saturated carbocycles. The highest BCUT2D eigenvalue weighted by Gasteiger charge is 2.29. The van der Waals surface area contributed by atoms with Crippen molar-refractivity contribution in [2.45, 2.75) is 32.4 Å². The second-order valence-electron chi connectivity index (χ2n) is 5.53. The second-order valence-corrected chi connectivity index (χ2v) is 5.97. The second kappa shape index (κ2) is 4.97. The van der Waals surface area contributed by atoms with Crippen molar-refractivity contribution in [2.75, 3.05) is 19.7 Å². The van der Waals surface area contributed by atoms with Gasteiger partial charge in [-0.1, -0.05) is 23.7 Å². The third-order valence-electron chi connectivity index (χ3n) is 3.24. The van der Waals surface area contributed by atoms with Crippen molar-refractivity contribution in [1.29, 1.82) is 0 Å². The summed E-state index contributed by atoms with van der Waals surface area (Å²) in [4.78, 5) is 2.46. The van der Waals surface area contributed by atoms with Gasteiger partial charge in [-0.15, -0.1) is 0 Å². The summed E-state index contributed by atoms with van der Waals surface area (Å²) in [5.41, 5.74) is 1.37. The molecule has 1 heterocycles. The van der Waals surface area contributed by atoms with Crippen molar-refractivity contribution < 1.29 is 4.74 Å². The lowest BCUT2D eigenvalue weighted by Gasteiger charge is -2.41. The number of rotatable bonds is 1. The Morgan fingerprint density at radius 2 is 2.12 bits per heavy atom. The lowest BCUT2D eigenvalue weighted by Crippen LogP contribution is -2.48. The molecule has 17 heavy (non-hydrogen) atoms. The molecule has 1 atom stereocenters. The van der Waals surface area contributed by atoms with Crippen molar-refractivity contribution in [3.63, 3.8) is 0 Å². The van der Waals surface area contributed by atoms with E-state index < -0.39 is 0 Å². The number of benzene rings is 1. The molecule has 1 aromatic carbocycles. The average molecular weight is 254 g/mol. The van der Waals surface area contributed by atoms with Crippen molar-refractivity contribution in [2.24, 2.45) is 0 Å². The van der Waals surface area contributed by atoms with Gasteiger partial charge in [0.05, 0.1) is 12.7 Å². The van der Waals surface area contributed by atoms with E-state index in [2.05, 4.69) is 31.7 Å². The minimum Gasteiger partial charge on any atom is -0.371 e. The van der Waals surface area contributed by atoms with Crippen LogP contribution in [0.2, 0.25) is 5.02 Å². The summed E-state index contributed by atoms with van der Waals surface area (Å²) in [7, 11) is 0. The Balaban J connectivity index is 2.12. The fraction of sp³-hybridized carbons (Fsp3) is 0.571. The van der Waals surface area contributed by atoms with Crippen LogP contribution in [0.1, 0.15) is 32.4 Å². The van der Waals surface area contributed by atoms with Gasteiger partial charge in [0.15, 0.2) is 0 Å². The molecule has 0 bridgehead atoms. The van der Waals surface area contributed by atoms with E-state index in [1.54, 1.807) is 0 Å². The maximum atomic E-state index is 6.02. The lowest BCUT2D eigenvalue weighted by atomic mass is 10.0. The molecule has 2 nitrogen and oxygen atoms in total. The fourth-order valence-electron chi connectivity index (χ4n) is 2.17. The zero-order valence-electron chi connectivity index (χ0n) is 10.7. The molecular weight excluding hydrogens is 234 g/mol. The Morgan fingerprint density at radius 1 is 1.35 bits per heavy atom. The van der Waals surface area contributed by atoms with Gasteiger partial charge >= 0.3 is 0 Å². The Kier molecular flexibility index (Phi) is 3.76. The largest absolute Gasteiger partial charge is 0.371 e. The minimum atomic E-state index is 0.140. The van der Waals surface area contributed by atoms with Gasteiger partial charge in [0.25, 0.3) is 0 Å². The van der Waals surface area contributed by atoms with Crippen LogP contribution in [0.25, 0.3) is 0 Å². The smallest absolute Gasteiger partial charge is 0.0953 e. The molecule has 1 aliphatic rings. The third-order valence-corrected chi connectivity index (χ3v) is 3.47. The topological polar surface area (TPSA) is 12.5 Å². The number of morpholine rings is 1. The molecule has 1 fully saturated rings. The van der Waals surface area contributed by atoms with E-state index in [-0.39, 0.29) is 11.6 Å². The van der Waals surface area contributed by atoms with Crippen molar-refractivity contribution in [1.82, 2.24) is 4.90 Å². The monoisotopic (exact) mass is 253 g/mol. The molecule has 0 amide bonds. The normalized spacial score (nSPS) is 22.7. The summed E-state index contributed by atoms with van der Waals surface area (Å²) in [5.74, 6) is 0. The van der Waals surface area contributed by atoms with Gasteiger partial charge in [-0.25, -0.2) is 0 Å². The zero-order chi connectivity index (χ0) is 12.5. The first-order valence-electron chi connectivity index (χ1n) is 6.09. The SMILES string of the molecule is CC(C)(C)N1CCO[C@H](c2cccc(Cl)c2)C1. The molecule has 1 aliphatic heterocycles. The summed E-state index contributed by atoms with van der Waals surface area (Å²) < 4.78 is 5.84. The van der Waals surface area contributed by atoms with Crippen LogP contribution < -0.4 is 0 Å². The Bertz CT molecular complexity index is 386. The van der Waals surface area contributed by atoms with Crippen LogP contribution in [0.15, 0.2) is 24.3 Å². The number of halogens is 1. The van der Waals surface area contributed by atoms with E-state index in [1.807, 2.05) is 18.2 Å². The standard InChI is InChI=1S/C14H20ClNO/c1-14(2,3)16-7-8-17-13(10-16)11-5-4-6-12(15)9-11/h4-6,9,13H,7-8,10H2,1-3H3/t13-/m0/s1. The quantitative estimate of drug-likeness (QED) is 0.760. The molecule has 0 aliphatic carbocycles. The van der Waals surface area contributed by atoms with Crippen LogP contribution in [0.4, 0.5) is 0 Å². The lowest BCUT2D eigenvalue weighted by molar-refractivity contribution is -0.0596. The molecule has 0 radical (unpaired) electrons. The Labute approximate surface area is 109 Å². The Hall–Kier alpha value is -0.570. The highest BCUT2D eigenvalue weighted by Crippen LogP contribution is 2.27. The van der Waals surface area contributed by atoms with Gasteiger partial charge in [-0.3, -0.25) is 4.90 Å². The van der Waals surface area contributed by atoms with E-state index in [9.17, 15) is 0 Å². The minimum absolute atomic E-state index is 0.140. The molecular formula is C14H20ClNO. The van der Waals surface area contributed by atoms with Crippen LogP contribution in [0, 0.1) is 0 Å². The zero-order valence-corrected chi connectivity index (χ0v) is 11.5. The number of ether oxygens (including phenoxy) is 1. The summed E-state index contributed by atoms with van der Waals surface area (Å²) in [5, 5.41) is 0.777. The first kappa shape index (κ1) is 12.9. The van der Waals surface area contributed by atoms with Crippen molar-refractivity contribution in [3.05, 3.63) is 34.9 Å². The van der Waals surface area contributed by atoms with Crippen LogP contribution in [-0.2, 0) is 4.74 Å². The maximum Gasteiger partial charge on any atom is 0.0953 e. The highest BCUT2D eigenvalue weighted by molar-refractivity contribution is 6.30. The van der Waals surface area contributed by atoms with E-state index >= 15 is 0 Å². The molecule has 0 aromatic heterocycles. The molecule has 0 unspecified atom stereocenters. The van der Waals surface area contributed by atoms with Gasteiger partial charge < -0.3 is 4.74 Å². The predicted molar refractivity (Wildman–Crippen MR) is 71.5 cm³/mol. The summed E-state index contributed by atoms with van der Waals surface area (Å²) in [6.07, 6.45) is 0.140. The number of hydrogen-bond acceptors (Lipinski definition) is 2. The van der Waals surface area contributed by atoms with Crippen LogP contribution in [-0.4, -0.2) is 30.1 Å². The van der Waals surface area contributed by atoms with Gasteiger partial charge in [0, 0.05) is 23.7 Å². The van der Waals surface area contributed by atoms with Gasteiger partial charge in [0.2, 0.25) is 0 Å². The first-order chi connectivity index (χ1) is 7.97. The van der Waals surface area contributed by atoms with Crippen molar-refractivity contribution >= 4 is 11.6 Å². The molecule has 94 valence electrons. The van der Waals surface area contributed by atoms with Crippen LogP contribution in [0.5, 0.6) is 0 Å². The predicted octanol–water partition coefficient (Wildman–Crippen LogP) is 3.51. The van der Waals surface area contributed by atoms with E-state index in [0.717, 1.165) is 24.7 Å². The van der Waals surface area contributed by atoms with E-state index in [0.29, 0.717) is 0 Å². The summed E-state index contributed by atoms with van der Waals surface area (Å²) >= 11 is 6.02. The van der Waals surface area contributed by atoms with Crippen LogP contribution in [0.3, 0.4) is 0 Å². The van der Waals surface area contributed by atoms with Gasteiger partial charge in [0.1, 0.15) is 0 Å². The van der Waals surface area contributed by atoms with E-state index in [4.69, 9.17) is 16.3 Å².